The molecular weight excluding hydrogens is 419 g/mol. The molecule has 3 rings (SSSR count). The van der Waals surface area contributed by atoms with Crippen molar-refractivity contribution in [1.82, 2.24) is 9.96 Å². The van der Waals surface area contributed by atoms with E-state index in [0.29, 0.717) is 25.7 Å². The van der Waals surface area contributed by atoms with Crippen molar-refractivity contribution in [2.45, 2.75) is 37.4 Å². The summed E-state index contributed by atoms with van der Waals surface area (Å²) in [7, 11) is -4.77. The van der Waals surface area contributed by atoms with E-state index in [1.54, 1.807) is 0 Å². The minimum atomic E-state index is -4.77. The Morgan fingerprint density at radius 1 is 1.07 bits per heavy atom. The normalized spacial score (nSPS) is 27.4. The first-order valence-electron chi connectivity index (χ1n) is 8.66. The Morgan fingerprint density at radius 3 is 2.10 bits per heavy atom. The Labute approximate surface area is 188 Å². The van der Waals surface area contributed by atoms with Crippen LogP contribution in [0.25, 0.3) is 0 Å². The Kier molecular flexibility index (Phi) is 7.38. The minimum absolute atomic E-state index is 0. The van der Waals surface area contributed by atoms with Crippen molar-refractivity contribution in [3.63, 3.8) is 0 Å². The number of hydrogen-bond acceptors (Lipinski definition) is 8. The SMILES string of the molecule is O=C(ON1C(=O)CC(S(=O)(=O)O)C1=O)C1CCC(CN2C(=O)C=CC2=O)CC1.[Na+]. The smallest absolute Gasteiger partial charge is 0.330 e. The van der Waals surface area contributed by atoms with Crippen molar-refractivity contribution >= 4 is 39.7 Å². The van der Waals surface area contributed by atoms with Crippen LogP contribution in [-0.2, 0) is 38.9 Å². The average Bonchev–Trinajstić information content (AvgIpc) is 3.09. The molecule has 0 radical (unpaired) electrons. The molecule has 3 aliphatic rings. The van der Waals surface area contributed by atoms with Crippen LogP contribution in [0.1, 0.15) is 32.1 Å². The van der Waals surface area contributed by atoms with Gasteiger partial charge in [0.05, 0.1) is 12.3 Å². The fraction of sp³-hybridized carbons (Fsp3) is 0.562. The fourth-order valence-electron chi connectivity index (χ4n) is 3.53. The zero-order valence-corrected chi connectivity index (χ0v) is 18.5. The fourth-order valence-corrected chi connectivity index (χ4v) is 4.23. The molecule has 1 N–H and O–H groups in total. The van der Waals surface area contributed by atoms with Gasteiger partial charge in [-0.25, -0.2) is 4.79 Å². The van der Waals surface area contributed by atoms with Crippen molar-refractivity contribution in [2.24, 2.45) is 11.8 Å². The number of rotatable bonds is 5. The van der Waals surface area contributed by atoms with Crippen molar-refractivity contribution in [2.75, 3.05) is 6.54 Å². The number of amides is 4. The Bertz CT molecular complexity index is 859. The second kappa shape index (κ2) is 9.04. The molecule has 0 spiro atoms. The predicted octanol–water partition coefficient (Wildman–Crippen LogP) is -3.80. The molecule has 1 saturated heterocycles. The van der Waals surface area contributed by atoms with Crippen molar-refractivity contribution in [3.8, 4) is 0 Å². The molecule has 2 fully saturated rings. The molecule has 2 heterocycles. The molecule has 2 aliphatic heterocycles. The second-order valence-corrected chi connectivity index (χ2v) is 8.58. The van der Waals surface area contributed by atoms with Gasteiger partial charge in [0, 0.05) is 18.7 Å². The average molecular weight is 437 g/mol. The second-order valence-electron chi connectivity index (χ2n) is 6.98. The van der Waals surface area contributed by atoms with Crippen molar-refractivity contribution in [1.29, 1.82) is 0 Å². The summed E-state index contributed by atoms with van der Waals surface area (Å²) in [4.78, 5) is 65.0. The molecule has 11 nitrogen and oxygen atoms in total. The Morgan fingerprint density at radius 2 is 1.62 bits per heavy atom. The van der Waals surface area contributed by atoms with Crippen LogP contribution in [0, 0.1) is 11.8 Å². The van der Waals surface area contributed by atoms with Crippen molar-refractivity contribution in [3.05, 3.63) is 12.2 Å². The first-order chi connectivity index (χ1) is 13.1. The van der Waals surface area contributed by atoms with Gasteiger partial charge in [-0.2, -0.15) is 8.42 Å². The molecule has 29 heavy (non-hydrogen) atoms. The molecule has 152 valence electrons. The number of carbonyl (C=O) groups excluding carboxylic acids is 5. The number of nitrogens with zero attached hydrogens (tertiary/aromatic N) is 2. The molecule has 1 saturated carbocycles. The van der Waals surface area contributed by atoms with Crippen LogP contribution in [0.2, 0.25) is 0 Å². The van der Waals surface area contributed by atoms with Gasteiger partial charge in [-0.1, -0.05) is 0 Å². The van der Waals surface area contributed by atoms with Gasteiger partial charge in [0.15, 0.2) is 5.25 Å². The van der Waals surface area contributed by atoms with Crippen LogP contribution >= 0.6 is 0 Å². The van der Waals surface area contributed by atoms with Crippen molar-refractivity contribution < 1.29 is 71.3 Å². The quantitative estimate of drug-likeness (QED) is 0.259. The molecule has 4 amide bonds. The van der Waals surface area contributed by atoms with Gasteiger partial charge < -0.3 is 4.84 Å². The molecule has 13 heteroatoms. The number of hydrogen-bond donors (Lipinski definition) is 1. The topological polar surface area (TPSA) is 155 Å². The largest absolute Gasteiger partial charge is 1.00 e. The molecule has 1 atom stereocenters. The molecule has 0 aromatic rings. The third-order valence-corrected chi connectivity index (χ3v) is 6.21. The third-order valence-electron chi connectivity index (χ3n) is 5.12. The van der Waals surface area contributed by atoms with Crippen LogP contribution < -0.4 is 29.6 Å². The van der Waals surface area contributed by atoms with Gasteiger partial charge >= 0.3 is 35.5 Å². The number of hydroxylamine groups is 2. The van der Waals surface area contributed by atoms with E-state index in [2.05, 4.69) is 0 Å². The maximum absolute atomic E-state index is 12.2. The first kappa shape index (κ1) is 23.7. The van der Waals surface area contributed by atoms with E-state index in [1.165, 1.54) is 12.2 Å². The molecular formula is C16H18N2NaO9S+. The van der Waals surface area contributed by atoms with Gasteiger partial charge in [0.1, 0.15) is 0 Å². The summed E-state index contributed by atoms with van der Waals surface area (Å²) in [6.45, 7) is 0.256. The zero-order chi connectivity index (χ0) is 20.6. The summed E-state index contributed by atoms with van der Waals surface area (Å²) in [6.07, 6.45) is 3.42. The molecule has 1 aliphatic carbocycles. The zero-order valence-electron chi connectivity index (χ0n) is 15.6. The number of carbonyl (C=O) groups is 5. The van der Waals surface area contributed by atoms with Crippen LogP contribution in [0.3, 0.4) is 0 Å². The van der Waals surface area contributed by atoms with E-state index in [0.717, 1.165) is 4.90 Å². The summed E-state index contributed by atoms with van der Waals surface area (Å²) in [5.41, 5.74) is 0. The predicted molar refractivity (Wildman–Crippen MR) is 89.2 cm³/mol. The molecule has 0 aromatic carbocycles. The van der Waals surface area contributed by atoms with Crippen LogP contribution in [-0.4, -0.2) is 64.3 Å². The molecule has 1 unspecified atom stereocenters. The summed E-state index contributed by atoms with van der Waals surface area (Å²) in [6, 6.07) is 0. The van der Waals surface area contributed by atoms with Gasteiger partial charge in [-0.3, -0.25) is 28.6 Å². The third kappa shape index (κ3) is 5.12. The summed E-state index contributed by atoms with van der Waals surface area (Å²) >= 11 is 0. The van der Waals surface area contributed by atoms with E-state index in [1.807, 2.05) is 0 Å². The standard InChI is InChI=1S/C16H18N2O9S.Na/c19-12-5-6-13(20)17(12)8-9-1-3-10(4-2-9)16(23)27-18-14(21)7-11(15(18)22)28(24,25)26;/h5-6,9-11H,1-4,7-8H2,(H,24,25,26);/q;+1. The minimum Gasteiger partial charge on any atom is -0.330 e. The van der Waals surface area contributed by atoms with E-state index in [4.69, 9.17) is 9.39 Å². The van der Waals surface area contributed by atoms with Gasteiger partial charge in [0.25, 0.3) is 33.7 Å². The van der Waals surface area contributed by atoms with E-state index < -0.39 is 45.5 Å². The first-order valence-corrected chi connectivity index (χ1v) is 10.2. The van der Waals surface area contributed by atoms with Crippen LogP contribution in [0.5, 0.6) is 0 Å². The Balaban J connectivity index is 0.00000300. The maximum atomic E-state index is 12.2. The maximum Gasteiger partial charge on any atom is 1.00 e. The molecule has 0 bridgehead atoms. The van der Waals surface area contributed by atoms with Gasteiger partial charge in [-0.15, -0.1) is 5.06 Å². The van der Waals surface area contributed by atoms with Gasteiger partial charge in [-0.05, 0) is 31.6 Å². The summed E-state index contributed by atoms with van der Waals surface area (Å²) in [5.74, 6) is -4.48. The van der Waals surface area contributed by atoms with E-state index in [9.17, 15) is 32.4 Å². The monoisotopic (exact) mass is 437 g/mol. The summed E-state index contributed by atoms with van der Waals surface area (Å²) in [5, 5.41) is -1.87. The van der Waals surface area contributed by atoms with Gasteiger partial charge in [0.2, 0.25) is 0 Å². The Hall–Kier alpha value is -1.60. The number of imide groups is 2. The van der Waals surface area contributed by atoms with E-state index >= 15 is 0 Å². The van der Waals surface area contributed by atoms with E-state index in [-0.39, 0.29) is 58.9 Å². The van der Waals surface area contributed by atoms with Crippen LogP contribution in [0.4, 0.5) is 0 Å². The molecule has 0 aromatic heterocycles. The van der Waals surface area contributed by atoms with Crippen LogP contribution in [0.15, 0.2) is 12.2 Å². The summed E-state index contributed by atoms with van der Waals surface area (Å²) < 4.78 is 31.2.